The second kappa shape index (κ2) is 11.9. The first-order valence-corrected chi connectivity index (χ1v) is 11.1. The number of rotatable bonds is 12. The Labute approximate surface area is 161 Å². The number of hydrogen-bond donors (Lipinski definition) is 3. The van der Waals surface area contributed by atoms with Crippen LogP contribution >= 0.6 is 0 Å². The van der Waals surface area contributed by atoms with Gasteiger partial charge < -0.3 is 15.5 Å². The van der Waals surface area contributed by atoms with Crippen molar-refractivity contribution in [2.24, 2.45) is 17.8 Å². The van der Waals surface area contributed by atoms with Crippen LogP contribution in [0.5, 0.6) is 0 Å². The predicted molar refractivity (Wildman–Crippen MR) is 110 cm³/mol. The van der Waals surface area contributed by atoms with E-state index in [9.17, 15) is 10.2 Å². The van der Waals surface area contributed by atoms with Crippen molar-refractivity contribution >= 4 is 0 Å². The molecule has 26 heavy (non-hydrogen) atoms. The number of hydrogen-bond acceptors (Lipinski definition) is 3. The molecule has 3 heteroatoms. The minimum atomic E-state index is -0.346. The molecule has 0 unspecified atom stereocenters. The van der Waals surface area contributed by atoms with E-state index in [1.165, 1.54) is 38.5 Å². The second-order valence-electron chi connectivity index (χ2n) is 8.37. The average molecular weight is 364 g/mol. The molecule has 0 radical (unpaired) electrons. The molecular formula is C23H41NO2. The molecule has 0 saturated heterocycles. The Morgan fingerprint density at radius 2 is 2.00 bits per heavy atom. The zero-order valence-corrected chi connectivity index (χ0v) is 17.0. The largest absolute Gasteiger partial charge is 0.392 e. The molecular weight excluding hydrogens is 322 g/mol. The van der Waals surface area contributed by atoms with Crippen LogP contribution in [0, 0.1) is 17.8 Å². The lowest BCUT2D eigenvalue weighted by Crippen LogP contribution is -2.17. The summed E-state index contributed by atoms with van der Waals surface area (Å²) in [5.41, 5.74) is 1.61. The van der Waals surface area contributed by atoms with Gasteiger partial charge in [-0.25, -0.2) is 0 Å². The number of aliphatic hydroxyl groups excluding tert-OH is 2. The Morgan fingerprint density at radius 3 is 2.77 bits per heavy atom. The van der Waals surface area contributed by atoms with Gasteiger partial charge in [0.1, 0.15) is 0 Å². The molecule has 0 aromatic heterocycles. The molecule has 0 aromatic carbocycles. The van der Waals surface area contributed by atoms with E-state index < -0.39 is 0 Å². The fraction of sp³-hybridized carbons (Fsp3) is 0.826. The lowest BCUT2D eigenvalue weighted by molar-refractivity contribution is 0.139. The number of allylic oxidation sites excluding steroid dienone is 2. The zero-order valence-electron chi connectivity index (χ0n) is 17.0. The molecule has 0 bridgehead atoms. The summed E-state index contributed by atoms with van der Waals surface area (Å²) in [7, 11) is 0. The molecule has 2 rings (SSSR count). The Bertz CT molecular complexity index is 445. The summed E-state index contributed by atoms with van der Waals surface area (Å²) in [4.78, 5) is 0. The lowest BCUT2D eigenvalue weighted by atomic mass is 9.90. The van der Waals surface area contributed by atoms with Crippen LogP contribution in [0.15, 0.2) is 23.8 Å². The number of aliphatic hydroxyl groups is 2. The molecule has 2 aliphatic carbocycles. The highest BCUT2D eigenvalue weighted by Gasteiger charge is 2.44. The van der Waals surface area contributed by atoms with Gasteiger partial charge in [-0.3, -0.25) is 0 Å². The van der Waals surface area contributed by atoms with Crippen molar-refractivity contribution in [1.82, 2.24) is 5.32 Å². The van der Waals surface area contributed by atoms with Crippen LogP contribution < -0.4 is 5.32 Å². The Balaban J connectivity index is 1.76. The maximum atomic E-state index is 10.4. The standard InChI is InChI=1S/C23H41NO2/c1-3-5-7-11-20(25)12-13-21-22-16-18(15-19(22)17-23(21)26)10-8-6-9-14-24-4-2/h10,12-13,19-26H,3-9,11,14-17H2,1-2H3/t19-,20-,21+,22-,23+/m0/s1. The third kappa shape index (κ3) is 6.83. The molecule has 3 N–H and O–H groups in total. The van der Waals surface area contributed by atoms with Crippen LogP contribution in [0.4, 0.5) is 0 Å². The summed E-state index contributed by atoms with van der Waals surface area (Å²) in [5.74, 6) is 1.46. The van der Waals surface area contributed by atoms with Crippen LogP contribution in [0.3, 0.4) is 0 Å². The maximum absolute atomic E-state index is 10.4. The summed E-state index contributed by atoms with van der Waals surface area (Å²) >= 11 is 0. The van der Waals surface area contributed by atoms with E-state index in [4.69, 9.17) is 0 Å². The van der Waals surface area contributed by atoms with Gasteiger partial charge in [0.25, 0.3) is 0 Å². The smallest absolute Gasteiger partial charge is 0.0721 e. The monoisotopic (exact) mass is 363 g/mol. The normalized spacial score (nSPS) is 31.2. The molecule has 2 fully saturated rings. The predicted octanol–water partition coefficient (Wildman–Crippen LogP) is 4.60. The number of unbranched alkanes of at least 4 members (excludes halogenated alkanes) is 4. The number of fused-ring (bicyclic) bond motifs is 1. The van der Waals surface area contributed by atoms with E-state index in [1.807, 2.05) is 6.08 Å². The first-order chi connectivity index (χ1) is 12.7. The average Bonchev–Trinajstić information content (AvgIpc) is 3.13. The van der Waals surface area contributed by atoms with Crippen LogP contribution in [0.1, 0.15) is 78.1 Å². The summed E-state index contributed by atoms with van der Waals surface area (Å²) in [6.45, 7) is 6.53. The van der Waals surface area contributed by atoms with Crippen molar-refractivity contribution in [3.8, 4) is 0 Å². The molecule has 2 saturated carbocycles. The third-order valence-corrected chi connectivity index (χ3v) is 6.26. The van der Waals surface area contributed by atoms with Crippen LogP contribution in [0.2, 0.25) is 0 Å². The van der Waals surface area contributed by atoms with Crippen molar-refractivity contribution in [1.29, 1.82) is 0 Å². The van der Waals surface area contributed by atoms with Crippen LogP contribution in [0.25, 0.3) is 0 Å². The van der Waals surface area contributed by atoms with Gasteiger partial charge in [0.2, 0.25) is 0 Å². The highest BCUT2D eigenvalue weighted by molar-refractivity contribution is 5.17. The molecule has 0 heterocycles. The van der Waals surface area contributed by atoms with E-state index >= 15 is 0 Å². The molecule has 150 valence electrons. The fourth-order valence-corrected chi connectivity index (χ4v) is 4.77. The summed E-state index contributed by atoms with van der Waals surface area (Å²) < 4.78 is 0. The Kier molecular flexibility index (Phi) is 9.95. The van der Waals surface area contributed by atoms with E-state index in [2.05, 4.69) is 31.3 Å². The van der Waals surface area contributed by atoms with Crippen molar-refractivity contribution in [2.75, 3.05) is 13.1 Å². The first-order valence-electron chi connectivity index (χ1n) is 11.1. The van der Waals surface area contributed by atoms with Crippen LogP contribution in [-0.4, -0.2) is 35.5 Å². The van der Waals surface area contributed by atoms with Gasteiger partial charge in [-0.2, -0.15) is 0 Å². The molecule has 0 aliphatic heterocycles. The van der Waals surface area contributed by atoms with Gasteiger partial charge in [-0.05, 0) is 69.9 Å². The Hall–Kier alpha value is -0.640. The lowest BCUT2D eigenvalue weighted by Gasteiger charge is -2.17. The van der Waals surface area contributed by atoms with Gasteiger partial charge in [0.15, 0.2) is 0 Å². The summed E-state index contributed by atoms with van der Waals surface area (Å²) in [6, 6.07) is 0. The minimum Gasteiger partial charge on any atom is -0.392 e. The molecule has 0 amide bonds. The third-order valence-electron chi connectivity index (χ3n) is 6.26. The van der Waals surface area contributed by atoms with Crippen molar-refractivity contribution in [3.63, 3.8) is 0 Å². The molecule has 5 atom stereocenters. The van der Waals surface area contributed by atoms with E-state index in [1.54, 1.807) is 5.57 Å². The molecule has 0 spiro atoms. The van der Waals surface area contributed by atoms with Crippen LogP contribution in [-0.2, 0) is 0 Å². The van der Waals surface area contributed by atoms with E-state index in [0.29, 0.717) is 11.8 Å². The van der Waals surface area contributed by atoms with E-state index in [-0.39, 0.29) is 18.1 Å². The van der Waals surface area contributed by atoms with Crippen molar-refractivity contribution in [2.45, 2.75) is 90.3 Å². The first kappa shape index (κ1) is 21.7. The maximum Gasteiger partial charge on any atom is 0.0721 e. The molecule has 0 aromatic rings. The van der Waals surface area contributed by atoms with Crippen molar-refractivity contribution in [3.05, 3.63) is 23.8 Å². The zero-order chi connectivity index (χ0) is 18.8. The highest BCUT2D eigenvalue weighted by Crippen LogP contribution is 2.50. The Morgan fingerprint density at radius 1 is 1.15 bits per heavy atom. The summed E-state index contributed by atoms with van der Waals surface area (Å²) in [5, 5.41) is 24.0. The summed E-state index contributed by atoms with van der Waals surface area (Å²) in [6.07, 6.45) is 17.3. The second-order valence-corrected chi connectivity index (χ2v) is 8.37. The quantitative estimate of drug-likeness (QED) is 0.351. The van der Waals surface area contributed by atoms with Crippen molar-refractivity contribution < 1.29 is 10.2 Å². The van der Waals surface area contributed by atoms with Gasteiger partial charge in [0.05, 0.1) is 12.2 Å². The van der Waals surface area contributed by atoms with Gasteiger partial charge in [-0.1, -0.05) is 56.9 Å². The topological polar surface area (TPSA) is 52.5 Å². The van der Waals surface area contributed by atoms with Gasteiger partial charge in [0, 0.05) is 5.92 Å². The minimum absolute atomic E-state index is 0.217. The number of nitrogens with one attached hydrogen (secondary N) is 1. The van der Waals surface area contributed by atoms with Gasteiger partial charge >= 0.3 is 0 Å². The van der Waals surface area contributed by atoms with Gasteiger partial charge in [-0.15, -0.1) is 0 Å². The SMILES string of the molecule is CCCCC[C@H](O)C=C[C@@H]1[C@H]2CC(=CCCCCNCC)C[C@H]2C[C@H]1O. The molecule has 3 nitrogen and oxygen atoms in total. The highest BCUT2D eigenvalue weighted by atomic mass is 16.3. The van der Waals surface area contributed by atoms with E-state index in [0.717, 1.165) is 38.8 Å². The molecule has 2 aliphatic rings. The fourth-order valence-electron chi connectivity index (χ4n) is 4.77.